The molecule has 2 aromatic carbocycles. The number of halogens is 1. The molecule has 2 aromatic rings. The van der Waals surface area contributed by atoms with Gasteiger partial charge in [0.1, 0.15) is 11.5 Å². The van der Waals surface area contributed by atoms with Crippen LogP contribution in [0.5, 0.6) is 11.5 Å². The average molecular weight is 385 g/mol. The maximum absolute atomic E-state index is 12.5. The van der Waals surface area contributed by atoms with Crippen molar-refractivity contribution in [1.29, 1.82) is 0 Å². The number of benzene rings is 2. The molecule has 0 aliphatic carbocycles. The van der Waals surface area contributed by atoms with Crippen LogP contribution < -0.4 is 19.9 Å². The summed E-state index contributed by atoms with van der Waals surface area (Å²) in [5, 5.41) is 8.13. The van der Waals surface area contributed by atoms with Crippen LogP contribution in [0.4, 0.5) is 5.69 Å². The molecule has 0 radical (unpaired) electrons. The predicted molar refractivity (Wildman–Crippen MR) is 95.1 cm³/mol. The van der Waals surface area contributed by atoms with E-state index < -0.39 is 15.9 Å². The van der Waals surface area contributed by atoms with Crippen LogP contribution in [0.15, 0.2) is 35.2 Å². The number of amides is 1. The number of rotatable bonds is 5. The lowest BCUT2D eigenvalue weighted by atomic mass is 10.1. The third kappa shape index (κ3) is 4.22. The number of primary sulfonamides is 1. The lowest BCUT2D eigenvalue weighted by molar-refractivity contribution is 0.102. The number of sulfonamides is 1. The molecule has 9 heteroatoms. The molecular formula is C16H17ClN2O5S. The molecule has 0 bridgehead atoms. The average Bonchev–Trinajstić information content (AvgIpc) is 2.55. The lowest BCUT2D eigenvalue weighted by Crippen LogP contribution is -2.17. The van der Waals surface area contributed by atoms with Crippen molar-refractivity contribution in [2.45, 2.75) is 11.8 Å². The number of carbonyl (C=O) groups excluding carboxylic acids is 1. The van der Waals surface area contributed by atoms with E-state index in [4.69, 9.17) is 26.2 Å². The number of methoxy groups -OCH3 is 2. The summed E-state index contributed by atoms with van der Waals surface area (Å²) < 4.78 is 33.5. The fourth-order valence-electron chi connectivity index (χ4n) is 2.20. The molecule has 25 heavy (non-hydrogen) atoms. The summed E-state index contributed by atoms with van der Waals surface area (Å²) in [7, 11) is -1.06. The molecule has 0 atom stereocenters. The van der Waals surface area contributed by atoms with Crippen molar-refractivity contribution in [2.75, 3.05) is 19.5 Å². The molecule has 0 saturated heterocycles. The predicted octanol–water partition coefficient (Wildman–Crippen LogP) is 2.57. The Labute approximate surface area is 150 Å². The van der Waals surface area contributed by atoms with Gasteiger partial charge in [-0.15, -0.1) is 0 Å². The minimum Gasteiger partial charge on any atom is -0.495 e. The van der Waals surface area contributed by atoms with Gasteiger partial charge in [0.05, 0.1) is 29.8 Å². The summed E-state index contributed by atoms with van der Waals surface area (Å²) in [5.74, 6) is 0.150. The largest absolute Gasteiger partial charge is 0.495 e. The van der Waals surface area contributed by atoms with Gasteiger partial charge in [0.2, 0.25) is 10.0 Å². The maximum atomic E-state index is 12.5. The van der Waals surface area contributed by atoms with Crippen LogP contribution in [0.25, 0.3) is 0 Å². The minimum atomic E-state index is -3.93. The fraction of sp³-hybridized carbons (Fsp3) is 0.188. The zero-order chi connectivity index (χ0) is 18.8. The molecule has 3 N–H and O–H groups in total. The van der Waals surface area contributed by atoms with Gasteiger partial charge < -0.3 is 14.8 Å². The molecule has 7 nitrogen and oxygen atoms in total. The Morgan fingerprint density at radius 1 is 1.12 bits per heavy atom. The van der Waals surface area contributed by atoms with Crippen molar-refractivity contribution in [3.05, 3.63) is 46.5 Å². The molecule has 0 aliphatic heterocycles. The first-order chi connectivity index (χ1) is 11.7. The SMILES string of the molecule is COc1cc(NC(=O)c2ccc(C)c(S(N)(=O)=O)c2)c(OC)cc1Cl. The standard InChI is InChI=1S/C16H17ClN2O5S/c1-9-4-5-10(6-15(9)25(18,21)22)16(20)19-12-8-13(23-2)11(17)7-14(12)24-3/h4-8H,1-3H3,(H,19,20)(H2,18,21,22). The van der Waals surface area contributed by atoms with Crippen LogP contribution in [0.3, 0.4) is 0 Å². The van der Waals surface area contributed by atoms with E-state index in [1.807, 2.05) is 0 Å². The van der Waals surface area contributed by atoms with Crippen molar-refractivity contribution in [2.24, 2.45) is 5.14 Å². The second kappa shape index (κ2) is 7.30. The normalized spacial score (nSPS) is 11.1. The highest BCUT2D eigenvalue weighted by Gasteiger charge is 2.17. The van der Waals surface area contributed by atoms with Crippen LogP contribution >= 0.6 is 11.6 Å². The number of nitrogens with two attached hydrogens (primary N) is 1. The number of aryl methyl sites for hydroxylation is 1. The number of hydrogen-bond donors (Lipinski definition) is 2. The van der Waals surface area contributed by atoms with Crippen LogP contribution in [0.1, 0.15) is 15.9 Å². The number of ether oxygens (including phenoxy) is 2. The van der Waals surface area contributed by atoms with Crippen molar-refractivity contribution in [1.82, 2.24) is 0 Å². The fourth-order valence-corrected chi connectivity index (χ4v) is 3.24. The Hall–Kier alpha value is -2.29. The maximum Gasteiger partial charge on any atom is 0.255 e. The lowest BCUT2D eigenvalue weighted by Gasteiger charge is -2.13. The topological polar surface area (TPSA) is 108 Å². The van der Waals surface area contributed by atoms with Crippen molar-refractivity contribution < 1.29 is 22.7 Å². The van der Waals surface area contributed by atoms with Crippen LogP contribution in [0, 0.1) is 6.92 Å². The second-order valence-electron chi connectivity index (χ2n) is 5.17. The highest BCUT2D eigenvalue weighted by molar-refractivity contribution is 7.89. The Kier molecular flexibility index (Phi) is 5.56. The van der Waals surface area contributed by atoms with Gasteiger partial charge in [0, 0.05) is 17.7 Å². The van der Waals surface area contributed by atoms with Gasteiger partial charge in [0.15, 0.2) is 0 Å². The summed E-state index contributed by atoms with van der Waals surface area (Å²) in [6.07, 6.45) is 0. The number of anilines is 1. The van der Waals surface area contributed by atoms with Crippen LogP contribution in [-0.2, 0) is 10.0 Å². The van der Waals surface area contributed by atoms with Gasteiger partial charge in [-0.05, 0) is 24.6 Å². The van der Waals surface area contributed by atoms with Gasteiger partial charge in [-0.25, -0.2) is 13.6 Å². The van der Waals surface area contributed by atoms with E-state index in [0.717, 1.165) is 0 Å². The summed E-state index contributed by atoms with van der Waals surface area (Å²) in [6.45, 7) is 1.59. The van der Waals surface area contributed by atoms with E-state index in [1.54, 1.807) is 6.92 Å². The number of nitrogens with one attached hydrogen (secondary N) is 1. The third-order valence-electron chi connectivity index (χ3n) is 3.48. The number of carbonyl (C=O) groups is 1. The Bertz CT molecular complexity index is 928. The molecule has 0 aliphatic rings. The first-order valence-corrected chi connectivity index (χ1v) is 8.96. The van der Waals surface area contributed by atoms with E-state index in [-0.39, 0.29) is 10.5 Å². The van der Waals surface area contributed by atoms with Gasteiger partial charge in [-0.2, -0.15) is 0 Å². The monoisotopic (exact) mass is 384 g/mol. The van der Waals surface area contributed by atoms with Crippen molar-refractivity contribution >= 4 is 33.2 Å². The van der Waals surface area contributed by atoms with Crippen molar-refractivity contribution in [3.63, 3.8) is 0 Å². The van der Waals surface area contributed by atoms with Gasteiger partial charge in [-0.3, -0.25) is 4.79 Å². The zero-order valence-electron chi connectivity index (χ0n) is 13.8. The first kappa shape index (κ1) is 19.0. The Morgan fingerprint density at radius 2 is 1.76 bits per heavy atom. The Balaban J connectivity index is 2.41. The summed E-state index contributed by atoms with van der Waals surface area (Å²) >= 11 is 6.02. The summed E-state index contributed by atoms with van der Waals surface area (Å²) in [5.41, 5.74) is 0.905. The molecule has 1 amide bonds. The van der Waals surface area contributed by atoms with Gasteiger partial charge >= 0.3 is 0 Å². The van der Waals surface area contributed by atoms with E-state index in [9.17, 15) is 13.2 Å². The van der Waals surface area contributed by atoms with Gasteiger partial charge in [0.25, 0.3) is 5.91 Å². The molecule has 0 saturated carbocycles. The van der Waals surface area contributed by atoms with E-state index in [2.05, 4.69) is 5.32 Å². The molecular weight excluding hydrogens is 368 g/mol. The first-order valence-electron chi connectivity index (χ1n) is 7.03. The van der Waals surface area contributed by atoms with E-state index in [1.165, 1.54) is 44.6 Å². The molecule has 0 spiro atoms. The van der Waals surface area contributed by atoms with Crippen LogP contribution in [-0.4, -0.2) is 28.5 Å². The third-order valence-corrected chi connectivity index (χ3v) is 4.83. The summed E-state index contributed by atoms with van der Waals surface area (Å²) in [6, 6.07) is 7.24. The quantitative estimate of drug-likeness (QED) is 0.823. The molecule has 0 heterocycles. The highest BCUT2D eigenvalue weighted by Crippen LogP contribution is 2.36. The summed E-state index contributed by atoms with van der Waals surface area (Å²) in [4.78, 5) is 12.4. The zero-order valence-corrected chi connectivity index (χ0v) is 15.4. The van der Waals surface area contributed by atoms with E-state index in [0.29, 0.717) is 27.8 Å². The molecule has 0 fully saturated rings. The Morgan fingerprint density at radius 3 is 2.32 bits per heavy atom. The number of hydrogen-bond acceptors (Lipinski definition) is 5. The second-order valence-corrected chi connectivity index (χ2v) is 7.10. The highest BCUT2D eigenvalue weighted by atomic mass is 35.5. The minimum absolute atomic E-state index is 0.110. The van der Waals surface area contributed by atoms with Crippen LogP contribution in [0.2, 0.25) is 5.02 Å². The molecule has 2 rings (SSSR count). The smallest absolute Gasteiger partial charge is 0.255 e. The van der Waals surface area contributed by atoms with Gasteiger partial charge in [-0.1, -0.05) is 17.7 Å². The van der Waals surface area contributed by atoms with Crippen molar-refractivity contribution in [3.8, 4) is 11.5 Å². The molecule has 134 valence electrons. The molecule has 0 unspecified atom stereocenters. The van der Waals surface area contributed by atoms with E-state index >= 15 is 0 Å². The molecule has 0 aromatic heterocycles.